The molecule has 0 aromatic carbocycles. The van der Waals surface area contributed by atoms with Crippen LogP contribution in [0.15, 0.2) is 11.4 Å². The topological polar surface area (TPSA) is 60.9 Å². The maximum absolute atomic E-state index is 12.5. The average molecular weight is 292 g/mol. The summed E-state index contributed by atoms with van der Waals surface area (Å²) in [6, 6.07) is 1.66. The summed E-state index contributed by atoms with van der Waals surface area (Å²) in [6.07, 6.45) is 6.02. The van der Waals surface area contributed by atoms with Gasteiger partial charge in [0, 0.05) is 11.4 Å². The first kappa shape index (κ1) is 14.4. The monoisotopic (exact) mass is 292 g/mol. The molecule has 0 aliphatic carbocycles. The quantitative estimate of drug-likeness (QED) is 0.864. The highest BCUT2D eigenvalue weighted by Gasteiger charge is 2.31. The van der Waals surface area contributed by atoms with Gasteiger partial charge >= 0.3 is 12.0 Å². The van der Waals surface area contributed by atoms with Gasteiger partial charge in [-0.3, -0.25) is 4.79 Å². The van der Waals surface area contributed by atoms with Crippen molar-refractivity contribution in [2.24, 2.45) is 0 Å². The molecule has 106 valence electrons. The van der Waals surface area contributed by atoms with Crippen LogP contribution < -0.4 is 0 Å². The van der Waals surface area contributed by atoms with Gasteiger partial charge in [-0.2, -0.15) is 0 Å². The summed E-state index contributed by atoms with van der Waals surface area (Å²) in [5.41, 5.74) is 1.14. The summed E-state index contributed by atoms with van der Waals surface area (Å²) in [7, 11) is 0. The van der Waals surface area contributed by atoms with Crippen LogP contribution in [0.25, 0.3) is 0 Å². The van der Waals surface area contributed by atoms with Crippen molar-refractivity contribution in [3.05, 3.63) is 21.9 Å². The van der Waals surface area contributed by atoms with Gasteiger partial charge in [-0.05, 0) is 30.4 Å². The Morgan fingerprint density at radius 1 is 1.65 bits per heavy atom. The smallest absolute Gasteiger partial charge is 0.323 e. The van der Waals surface area contributed by atoms with E-state index in [1.807, 2.05) is 18.4 Å². The zero-order valence-corrected chi connectivity index (χ0v) is 12.0. The highest BCUT2D eigenvalue weighted by molar-refractivity contribution is 7.10. The summed E-state index contributed by atoms with van der Waals surface area (Å²) in [5, 5.41) is 10.9. The Balaban J connectivity index is 2.16. The molecular formula is C14H16N2O3S. The van der Waals surface area contributed by atoms with Gasteiger partial charge < -0.3 is 14.9 Å². The maximum atomic E-state index is 12.5. The van der Waals surface area contributed by atoms with Gasteiger partial charge in [0.15, 0.2) is 0 Å². The third-order valence-electron chi connectivity index (χ3n) is 3.40. The van der Waals surface area contributed by atoms with Crippen molar-refractivity contribution in [2.75, 3.05) is 19.6 Å². The third kappa shape index (κ3) is 2.78. The van der Waals surface area contributed by atoms with Crippen LogP contribution in [-0.4, -0.2) is 46.5 Å². The molecule has 1 aliphatic rings. The molecule has 0 saturated heterocycles. The molecule has 0 saturated carbocycles. The number of carbonyl (C=O) groups is 2. The van der Waals surface area contributed by atoms with Crippen LogP contribution in [0, 0.1) is 12.3 Å². The number of hydrogen-bond donors (Lipinski definition) is 1. The number of urea groups is 1. The first-order valence-corrected chi connectivity index (χ1v) is 7.19. The normalized spacial score (nSPS) is 17.2. The average Bonchev–Trinajstić information content (AvgIpc) is 2.87. The van der Waals surface area contributed by atoms with E-state index in [4.69, 9.17) is 11.5 Å². The zero-order valence-electron chi connectivity index (χ0n) is 11.2. The van der Waals surface area contributed by atoms with Crippen molar-refractivity contribution >= 4 is 23.3 Å². The van der Waals surface area contributed by atoms with E-state index in [0.29, 0.717) is 6.54 Å². The lowest BCUT2D eigenvalue weighted by Gasteiger charge is -2.36. The molecule has 0 spiro atoms. The molecule has 20 heavy (non-hydrogen) atoms. The maximum Gasteiger partial charge on any atom is 0.323 e. The predicted octanol–water partition coefficient (Wildman–Crippen LogP) is 1.81. The van der Waals surface area contributed by atoms with Crippen LogP contribution in [0.4, 0.5) is 4.79 Å². The highest BCUT2D eigenvalue weighted by atomic mass is 32.1. The van der Waals surface area contributed by atoms with E-state index in [1.165, 1.54) is 9.78 Å². The summed E-state index contributed by atoms with van der Waals surface area (Å²) < 4.78 is 0. The number of rotatable bonds is 3. The Morgan fingerprint density at radius 3 is 3.05 bits per heavy atom. The van der Waals surface area contributed by atoms with E-state index in [9.17, 15) is 9.59 Å². The highest BCUT2D eigenvalue weighted by Crippen LogP contribution is 2.33. The molecule has 1 atom stereocenters. The van der Waals surface area contributed by atoms with Crippen LogP contribution in [0.2, 0.25) is 0 Å². The second-order valence-corrected chi connectivity index (χ2v) is 5.66. The van der Waals surface area contributed by atoms with Crippen molar-refractivity contribution in [2.45, 2.75) is 19.4 Å². The summed E-state index contributed by atoms with van der Waals surface area (Å²) in [6.45, 7) is 2.18. The predicted molar refractivity (Wildman–Crippen MR) is 76.6 cm³/mol. The minimum atomic E-state index is -1.06. The van der Waals surface area contributed by atoms with E-state index in [0.717, 1.165) is 12.0 Å². The van der Waals surface area contributed by atoms with E-state index in [1.54, 1.807) is 16.2 Å². The Bertz CT molecular complexity index is 561. The molecule has 1 N–H and O–H groups in total. The van der Waals surface area contributed by atoms with E-state index < -0.39 is 5.97 Å². The summed E-state index contributed by atoms with van der Waals surface area (Å²) in [5.74, 6) is 1.28. The molecule has 2 rings (SSSR count). The van der Waals surface area contributed by atoms with Gasteiger partial charge in [0.25, 0.3) is 0 Å². The molecule has 1 unspecified atom stereocenters. The van der Waals surface area contributed by atoms with Crippen molar-refractivity contribution in [3.8, 4) is 12.3 Å². The number of amides is 2. The summed E-state index contributed by atoms with van der Waals surface area (Å²) >= 11 is 1.69. The largest absolute Gasteiger partial charge is 0.480 e. The van der Waals surface area contributed by atoms with Crippen molar-refractivity contribution in [3.63, 3.8) is 0 Å². The zero-order chi connectivity index (χ0) is 14.7. The fraction of sp³-hybridized carbons (Fsp3) is 0.429. The van der Waals surface area contributed by atoms with Gasteiger partial charge in [-0.15, -0.1) is 17.8 Å². The summed E-state index contributed by atoms with van der Waals surface area (Å²) in [4.78, 5) is 27.5. The van der Waals surface area contributed by atoms with Gasteiger partial charge in [0.1, 0.15) is 6.54 Å². The SMILES string of the molecule is C#CCN(CC(=O)O)C(=O)N1CCc2sccc2C1C. The Hall–Kier alpha value is -2.00. The van der Waals surface area contributed by atoms with Crippen LogP contribution in [0.5, 0.6) is 0 Å². The Kier molecular flexibility index (Phi) is 4.30. The van der Waals surface area contributed by atoms with Gasteiger partial charge in [-0.1, -0.05) is 5.92 Å². The lowest BCUT2D eigenvalue weighted by molar-refractivity contribution is -0.137. The third-order valence-corrected chi connectivity index (χ3v) is 4.40. The fourth-order valence-electron chi connectivity index (χ4n) is 2.42. The van der Waals surface area contributed by atoms with Gasteiger partial charge in [-0.25, -0.2) is 4.79 Å². The van der Waals surface area contributed by atoms with Crippen LogP contribution in [-0.2, 0) is 11.2 Å². The van der Waals surface area contributed by atoms with Crippen LogP contribution >= 0.6 is 11.3 Å². The van der Waals surface area contributed by atoms with Gasteiger partial charge in [0.2, 0.25) is 0 Å². The fourth-order valence-corrected chi connectivity index (χ4v) is 3.38. The minimum Gasteiger partial charge on any atom is -0.480 e. The molecular weight excluding hydrogens is 276 g/mol. The van der Waals surface area contributed by atoms with Gasteiger partial charge in [0.05, 0.1) is 12.6 Å². The Labute approximate surface area is 121 Å². The molecule has 0 bridgehead atoms. The number of nitrogens with zero attached hydrogens (tertiary/aromatic N) is 2. The second kappa shape index (κ2) is 5.97. The van der Waals surface area contributed by atoms with Crippen molar-refractivity contribution in [1.29, 1.82) is 0 Å². The number of carboxylic acids is 1. The lowest BCUT2D eigenvalue weighted by Crippen LogP contribution is -2.48. The molecule has 2 heterocycles. The number of carbonyl (C=O) groups excluding carboxylic acids is 1. The van der Waals surface area contributed by atoms with Crippen molar-refractivity contribution < 1.29 is 14.7 Å². The molecule has 5 nitrogen and oxygen atoms in total. The number of terminal acetylenes is 1. The molecule has 0 fully saturated rings. The number of fused-ring (bicyclic) bond motifs is 1. The number of hydrogen-bond acceptors (Lipinski definition) is 3. The molecule has 0 radical (unpaired) electrons. The molecule has 1 aliphatic heterocycles. The van der Waals surface area contributed by atoms with E-state index >= 15 is 0 Å². The molecule has 6 heteroatoms. The van der Waals surface area contributed by atoms with E-state index in [-0.39, 0.29) is 25.2 Å². The first-order chi connectivity index (χ1) is 9.54. The number of carboxylic acid groups (broad SMARTS) is 1. The lowest BCUT2D eigenvalue weighted by atomic mass is 10.0. The first-order valence-electron chi connectivity index (χ1n) is 6.31. The standard InChI is InChI=1S/C14H16N2O3S/c1-3-6-15(9-13(17)18)14(19)16-7-4-12-11(10(16)2)5-8-20-12/h1,5,8,10H,4,6-7,9H2,2H3,(H,17,18). The molecule has 1 aromatic heterocycles. The number of thiophene rings is 1. The molecule has 2 amide bonds. The van der Waals surface area contributed by atoms with Crippen LogP contribution in [0.1, 0.15) is 23.4 Å². The van der Waals surface area contributed by atoms with Crippen molar-refractivity contribution in [1.82, 2.24) is 9.80 Å². The minimum absolute atomic E-state index is 0.00481. The van der Waals surface area contributed by atoms with Crippen LogP contribution in [0.3, 0.4) is 0 Å². The second-order valence-electron chi connectivity index (χ2n) is 4.65. The number of aliphatic carboxylic acids is 1. The molecule has 1 aromatic rings. The Morgan fingerprint density at radius 2 is 2.40 bits per heavy atom. The van der Waals surface area contributed by atoms with E-state index in [2.05, 4.69) is 5.92 Å².